The molecule has 1 saturated carbocycles. The molecule has 1 aromatic rings. The van der Waals surface area contributed by atoms with Crippen LogP contribution < -0.4 is 5.32 Å². The second-order valence-corrected chi connectivity index (χ2v) is 7.31. The average Bonchev–Trinajstić information content (AvgIpc) is 3.31. The standard InChI is InChI=1S/C18H28N4O4/c1-3-14-20-15(26-21-14)8-9-16(23)22-10-11-25-18(2,12-22)17(24)19-13-6-4-5-7-13/h13H,3-12H2,1-2H3,(H,19,24)/t18-/m1/s1. The molecule has 144 valence electrons. The van der Waals surface area contributed by atoms with Crippen molar-refractivity contribution in [2.24, 2.45) is 0 Å². The number of nitrogens with zero attached hydrogens (tertiary/aromatic N) is 3. The number of rotatable bonds is 6. The van der Waals surface area contributed by atoms with Crippen LogP contribution in [-0.2, 0) is 27.2 Å². The van der Waals surface area contributed by atoms with Gasteiger partial charge in [-0.3, -0.25) is 9.59 Å². The van der Waals surface area contributed by atoms with Crippen LogP contribution in [0.15, 0.2) is 4.52 Å². The summed E-state index contributed by atoms with van der Waals surface area (Å²) in [4.78, 5) is 31.1. The van der Waals surface area contributed by atoms with E-state index in [2.05, 4.69) is 15.5 Å². The second-order valence-electron chi connectivity index (χ2n) is 7.31. The quantitative estimate of drug-likeness (QED) is 0.816. The summed E-state index contributed by atoms with van der Waals surface area (Å²) in [6, 6.07) is 0.235. The summed E-state index contributed by atoms with van der Waals surface area (Å²) < 4.78 is 10.9. The van der Waals surface area contributed by atoms with E-state index in [1.165, 1.54) is 0 Å². The Kier molecular flexibility index (Phi) is 5.90. The van der Waals surface area contributed by atoms with Gasteiger partial charge in [0.05, 0.1) is 13.2 Å². The Morgan fingerprint density at radius 2 is 2.12 bits per heavy atom. The molecule has 1 saturated heterocycles. The number of aromatic nitrogens is 2. The highest BCUT2D eigenvalue weighted by atomic mass is 16.5. The van der Waals surface area contributed by atoms with Gasteiger partial charge in [0.2, 0.25) is 11.8 Å². The van der Waals surface area contributed by atoms with Crippen molar-refractivity contribution < 1.29 is 18.8 Å². The van der Waals surface area contributed by atoms with E-state index in [1.54, 1.807) is 11.8 Å². The normalized spacial score (nSPS) is 24.0. The summed E-state index contributed by atoms with van der Waals surface area (Å²) >= 11 is 0. The van der Waals surface area contributed by atoms with Crippen molar-refractivity contribution in [3.63, 3.8) is 0 Å². The number of carbonyl (C=O) groups is 2. The molecule has 1 atom stereocenters. The Hall–Kier alpha value is -1.96. The van der Waals surface area contributed by atoms with Crippen LogP contribution in [0.3, 0.4) is 0 Å². The van der Waals surface area contributed by atoms with E-state index in [1.807, 2.05) is 6.92 Å². The highest BCUT2D eigenvalue weighted by Gasteiger charge is 2.41. The first-order valence-electron chi connectivity index (χ1n) is 9.54. The SMILES string of the molecule is CCc1noc(CCC(=O)N2CCO[C@@](C)(C(=O)NC3CCCC3)C2)n1. The molecule has 8 nitrogen and oxygen atoms in total. The summed E-state index contributed by atoms with van der Waals surface area (Å²) in [5.41, 5.74) is -0.990. The summed E-state index contributed by atoms with van der Waals surface area (Å²) in [5.74, 6) is 0.982. The first-order chi connectivity index (χ1) is 12.5. The zero-order valence-electron chi connectivity index (χ0n) is 15.6. The number of ether oxygens (including phenoxy) is 1. The van der Waals surface area contributed by atoms with E-state index in [9.17, 15) is 9.59 Å². The number of carbonyl (C=O) groups excluding carboxylic acids is 2. The molecule has 0 radical (unpaired) electrons. The van der Waals surface area contributed by atoms with Crippen LogP contribution in [0.25, 0.3) is 0 Å². The minimum atomic E-state index is -0.990. The van der Waals surface area contributed by atoms with Crippen molar-refractivity contribution in [2.45, 2.75) is 70.4 Å². The lowest BCUT2D eigenvalue weighted by Crippen LogP contribution is -2.60. The Balaban J connectivity index is 1.52. The van der Waals surface area contributed by atoms with Gasteiger partial charge in [-0.15, -0.1) is 0 Å². The molecule has 2 amide bonds. The van der Waals surface area contributed by atoms with Gasteiger partial charge in [0, 0.05) is 31.8 Å². The molecule has 2 fully saturated rings. The van der Waals surface area contributed by atoms with Gasteiger partial charge in [-0.25, -0.2) is 0 Å². The molecule has 0 bridgehead atoms. The van der Waals surface area contributed by atoms with Crippen LogP contribution in [-0.4, -0.2) is 58.2 Å². The topological polar surface area (TPSA) is 97.6 Å². The lowest BCUT2D eigenvalue weighted by atomic mass is 10.0. The first kappa shape index (κ1) is 18.8. The fourth-order valence-electron chi connectivity index (χ4n) is 3.54. The molecule has 1 aliphatic carbocycles. The maximum absolute atomic E-state index is 12.7. The largest absolute Gasteiger partial charge is 0.362 e. The average molecular weight is 364 g/mol. The molecule has 1 aromatic heterocycles. The molecule has 8 heteroatoms. The number of hydrogen-bond acceptors (Lipinski definition) is 6. The van der Waals surface area contributed by atoms with Crippen LogP contribution in [0.4, 0.5) is 0 Å². The number of hydrogen-bond donors (Lipinski definition) is 1. The van der Waals surface area contributed by atoms with Crippen LogP contribution in [0.1, 0.15) is 57.7 Å². The number of amides is 2. The smallest absolute Gasteiger partial charge is 0.254 e. The monoisotopic (exact) mass is 364 g/mol. The number of nitrogens with one attached hydrogen (secondary N) is 1. The molecule has 3 rings (SSSR count). The molecule has 2 heterocycles. The minimum absolute atomic E-state index is 0.0237. The molecule has 0 aromatic carbocycles. The first-order valence-corrected chi connectivity index (χ1v) is 9.54. The molecular weight excluding hydrogens is 336 g/mol. The summed E-state index contributed by atoms with van der Waals surface area (Å²) in [6.07, 6.45) is 5.75. The van der Waals surface area contributed by atoms with Crippen LogP contribution >= 0.6 is 0 Å². The van der Waals surface area contributed by atoms with Crippen LogP contribution in [0.5, 0.6) is 0 Å². The molecule has 2 aliphatic rings. The Labute approximate surface area is 153 Å². The maximum atomic E-state index is 12.7. The molecule has 0 spiro atoms. The van der Waals surface area contributed by atoms with Gasteiger partial charge in [-0.05, 0) is 19.8 Å². The van der Waals surface area contributed by atoms with Crippen molar-refractivity contribution in [1.82, 2.24) is 20.4 Å². The van der Waals surface area contributed by atoms with Gasteiger partial charge in [-0.2, -0.15) is 4.98 Å². The third-order valence-corrected chi connectivity index (χ3v) is 5.18. The van der Waals surface area contributed by atoms with E-state index in [-0.39, 0.29) is 30.8 Å². The van der Waals surface area contributed by atoms with Crippen molar-refractivity contribution >= 4 is 11.8 Å². The van der Waals surface area contributed by atoms with Crippen LogP contribution in [0.2, 0.25) is 0 Å². The van der Waals surface area contributed by atoms with E-state index in [0.717, 1.165) is 25.7 Å². The second kappa shape index (κ2) is 8.16. The Morgan fingerprint density at radius 1 is 1.35 bits per heavy atom. The fourth-order valence-corrected chi connectivity index (χ4v) is 3.54. The molecule has 1 aliphatic heterocycles. The van der Waals surface area contributed by atoms with Crippen molar-refractivity contribution in [1.29, 1.82) is 0 Å². The Bertz CT molecular complexity index is 641. The van der Waals surface area contributed by atoms with E-state index < -0.39 is 5.60 Å². The highest BCUT2D eigenvalue weighted by Crippen LogP contribution is 2.22. The minimum Gasteiger partial charge on any atom is -0.362 e. The Morgan fingerprint density at radius 3 is 2.81 bits per heavy atom. The summed E-state index contributed by atoms with van der Waals surface area (Å²) in [6.45, 7) is 4.84. The van der Waals surface area contributed by atoms with E-state index in [0.29, 0.717) is 37.7 Å². The van der Waals surface area contributed by atoms with Gasteiger partial charge in [0.1, 0.15) is 0 Å². The predicted octanol–water partition coefficient (Wildman–Crippen LogP) is 1.24. The van der Waals surface area contributed by atoms with Gasteiger partial charge in [-0.1, -0.05) is 24.9 Å². The third kappa shape index (κ3) is 4.41. The van der Waals surface area contributed by atoms with Gasteiger partial charge in [0.25, 0.3) is 5.91 Å². The molecular formula is C18H28N4O4. The van der Waals surface area contributed by atoms with E-state index in [4.69, 9.17) is 9.26 Å². The van der Waals surface area contributed by atoms with Crippen LogP contribution in [0, 0.1) is 0 Å². The maximum Gasteiger partial charge on any atom is 0.254 e. The lowest BCUT2D eigenvalue weighted by molar-refractivity contribution is -0.163. The lowest BCUT2D eigenvalue weighted by Gasteiger charge is -2.39. The zero-order valence-corrected chi connectivity index (χ0v) is 15.6. The molecule has 0 unspecified atom stereocenters. The third-order valence-electron chi connectivity index (χ3n) is 5.18. The van der Waals surface area contributed by atoms with Gasteiger partial charge >= 0.3 is 0 Å². The molecule has 26 heavy (non-hydrogen) atoms. The fraction of sp³-hybridized carbons (Fsp3) is 0.778. The predicted molar refractivity (Wildman–Crippen MR) is 93.3 cm³/mol. The van der Waals surface area contributed by atoms with E-state index >= 15 is 0 Å². The van der Waals surface area contributed by atoms with Crippen molar-refractivity contribution in [3.8, 4) is 0 Å². The summed E-state index contributed by atoms with van der Waals surface area (Å²) in [7, 11) is 0. The van der Waals surface area contributed by atoms with Crippen molar-refractivity contribution in [3.05, 3.63) is 11.7 Å². The zero-order chi connectivity index (χ0) is 18.6. The summed E-state index contributed by atoms with van der Waals surface area (Å²) in [5, 5.41) is 6.92. The number of aryl methyl sites for hydroxylation is 2. The molecule has 1 N–H and O–H groups in total. The van der Waals surface area contributed by atoms with Gasteiger partial charge < -0.3 is 19.5 Å². The number of morpholine rings is 1. The van der Waals surface area contributed by atoms with Crippen molar-refractivity contribution in [2.75, 3.05) is 19.7 Å². The highest BCUT2D eigenvalue weighted by molar-refractivity contribution is 5.86. The van der Waals surface area contributed by atoms with Gasteiger partial charge in [0.15, 0.2) is 11.4 Å².